The molecule has 0 spiro atoms. The van der Waals surface area contributed by atoms with E-state index in [1.54, 1.807) is 30.5 Å². The molecule has 1 amide bonds. The van der Waals surface area contributed by atoms with Crippen molar-refractivity contribution in [1.82, 2.24) is 14.9 Å². The number of nitro benzene ring substituents is 1. The molecule has 1 saturated heterocycles. The predicted molar refractivity (Wildman–Crippen MR) is 163 cm³/mol. The molecular weight excluding hydrogens is 556 g/mol. The lowest BCUT2D eigenvalue weighted by Gasteiger charge is -2.28. The van der Waals surface area contributed by atoms with Gasteiger partial charge in [0.05, 0.1) is 35.9 Å². The van der Waals surface area contributed by atoms with Gasteiger partial charge >= 0.3 is 0 Å². The molecule has 0 saturated carbocycles. The van der Waals surface area contributed by atoms with Gasteiger partial charge in [0, 0.05) is 36.1 Å². The molecule has 216 valence electrons. The summed E-state index contributed by atoms with van der Waals surface area (Å²) in [4.78, 5) is 30.3. The smallest absolute Gasteiger partial charge is 0.296 e. The highest BCUT2D eigenvalue weighted by molar-refractivity contribution is 7.80. The Hall–Kier alpha value is -4.81. The maximum absolute atomic E-state index is 12.1. The number of nitrogens with zero attached hydrogens (tertiary/aromatic N) is 4. The molecule has 42 heavy (non-hydrogen) atoms. The Labute approximate surface area is 248 Å². The van der Waals surface area contributed by atoms with Crippen LogP contribution >= 0.6 is 12.2 Å². The van der Waals surface area contributed by atoms with Gasteiger partial charge in [-0.2, -0.15) is 0 Å². The van der Waals surface area contributed by atoms with E-state index < -0.39 is 4.92 Å². The first-order chi connectivity index (χ1) is 20.2. The van der Waals surface area contributed by atoms with Crippen LogP contribution < -0.4 is 20.3 Å². The van der Waals surface area contributed by atoms with Crippen LogP contribution in [0, 0.1) is 24.0 Å². The second-order valence-corrected chi connectivity index (χ2v) is 10.2. The molecule has 2 aromatic heterocycles. The largest absolute Gasteiger partial charge is 0.496 e. The van der Waals surface area contributed by atoms with Crippen LogP contribution in [0.25, 0.3) is 5.69 Å². The number of nitro groups is 1. The van der Waals surface area contributed by atoms with Crippen molar-refractivity contribution >= 4 is 40.3 Å². The number of amides is 1. The minimum atomic E-state index is -0.404. The van der Waals surface area contributed by atoms with E-state index in [0.717, 1.165) is 28.3 Å². The molecular formula is C30H30N6O5S. The Kier molecular flexibility index (Phi) is 8.18. The van der Waals surface area contributed by atoms with Crippen LogP contribution in [0.1, 0.15) is 34.7 Å². The van der Waals surface area contributed by atoms with E-state index in [-0.39, 0.29) is 30.3 Å². The lowest BCUT2D eigenvalue weighted by atomic mass is 9.96. The van der Waals surface area contributed by atoms with Crippen LogP contribution in [0.3, 0.4) is 0 Å². The summed E-state index contributed by atoms with van der Waals surface area (Å²) in [7, 11) is 2.94. The lowest BCUT2D eigenvalue weighted by Crippen LogP contribution is -2.29. The Balaban J connectivity index is 1.62. The maximum Gasteiger partial charge on any atom is 0.296 e. The van der Waals surface area contributed by atoms with Crippen LogP contribution in [0.2, 0.25) is 0 Å². The van der Waals surface area contributed by atoms with Gasteiger partial charge in [-0.25, -0.2) is 0 Å². The number of thiocarbonyl (C=S) groups is 1. The summed E-state index contributed by atoms with van der Waals surface area (Å²) in [5.74, 6) is 0.151. The average molecular weight is 587 g/mol. The van der Waals surface area contributed by atoms with Gasteiger partial charge in [-0.3, -0.25) is 19.9 Å². The van der Waals surface area contributed by atoms with E-state index in [1.165, 1.54) is 20.3 Å². The summed E-state index contributed by atoms with van der Waals surface area (Å²) in [5.41, 5.74) is 5.19. The Bertz CT molecular complexity index is 1640. The van der Waals surface area contributed by atoms with Gasteiger partial charge in [-0.05, 0) is 86.2 Å². The Morgan fingerprint density at radius 2 is 1.88 bits per heavy atom. The molecule has 0 radical (unpaired) electrons. The number of pyridine rings is 1. The molecule has 11 nitrogen and oxygen atoms in total. The van der Waals surface area contributed by atoms with E-state index in [4.69, 9.17) is 21.7 Å². The number of aryl methyl sites for hydroxylation is 1. The van der Waals surface area contributed by atoms with Crippen LogP contribution in [0.4, 0.5) is 17.1 Å². The molecule has 2 aromatic carbocycles. The maximum atomic E-state index is 12.1. The van der Waals surface area contributed by atoms with E-state index in [1.807, 2.05) is 59.7 Å². The third kappa shape index (κ3) is 5.41. The Morgan fingerprint density at radius 1 is 1.12 bits per heavy atom. The van der Waals surface area contributed by atoms with Crippen molar-refractivity contribution in [2.75, 3.05) is 31.0 Å². The summed E-state index contributed by atoms with van der Waals surface area (Å²) < 4.78 is 12.0. The monoisotopic (exact) mass is 586 g/mol. The number of ether oxygens (including phenoxy) is 2. The highest BCUT2D eigenvalue weighted by Gasteiger charge is 2.42. The van der Waals surface area contributed by atoms with Crippen LogP contribution in [0.5, 0.6) is 5.75 Å². The zero-order valence-electron chi connectivity index (χ0n) is 23.5. The summed E-state index contributed by atoms with van der Waals surface area (Å²) in [6.45, 7) is 3.82. The fraction of sp³-hybridized carbons (Fsp3) is 0.233. The van der Waals surface area contributed by atoms with Gasteiger partial charge in [0.25, 0.3) is 5.69 Å². The molecule has 3 heterocycles. The van der Waals surface area contributed by atoms with E-state index in [9.17, 15) is 14.9 Å². The number of carbonyl (C=O) groups is 1. The van der Waals surface area contributed by atoms with Crippen molar-refractivity contribution < 1.29 is 19.2 Å². The van der Waals surface area contributed by atoms with E-state index >= 15 is 0 Å². The first-order valence-electron chi connectivity index (χ1n) is 13.1. The number of benzene rings is 2. The van der Waals surface area contributed by atoms with Crippen LogP contribution in [-0.4, -0.2) is 46.3 Å². The van der Waals surface area contributed by atoms with Crippen molar-refractivity contribution in [2.24, 2.45) is 0 Å². The van der Waals surface area contributed by atoms with Crippen molar-refractivity contribution in [2.45, 2.75) is 25.9 Å². The van der Waals surface area contributed by atoms with Crippen molar-refractivity contribution in [3.05, 3.63) is 106 Å². The molecule has 4 aromatic rings. The van der Waals surface area contributed by atoms with Crippen LogP contribution in [-0.2, 0) is 9.53 Å². The highest BCUT2D eigenvalue weighted by atomic mass is 32.1. The number of methoxy groups -OCH3 is 2. The summed E-state index contributed by atoms with van der Waals surface area (Å²) in [6, 6.07) is 19.3. The highest BCUT2D eigenvalue weighted by Crippen LogP contribution is 2.44. The van der Waals surface area contributed by atoms with Crippen molar-refractivity contribution in [3.63, 3.8) is 0 Å². The molecule has 1 fully saturated rings. The zero-order valence-corrected chi connectivity index (χ0v) is 24.3. The number of rotatable bonds is 9. The summed E-state index contributed by atoms with van der Waals surface area (Å²) in [6.07, 6.45) is 1.74. The number of aromatic nitrogens is 2. The minimum Gasteiger partial charge on any atom is -0.496 e. The van der Waals surface area contributed by atoms with Gasteiger partial charge in [0.1, 0.15) is 18.0 Å². The fourth-order valence-electron chi connectivity index (χ4n) is 5.41. The molecule has 0 aliphatic carbocycles. The average Bonchev–Trinajstić information content (AvgIpc) is 3.48. The molecule has 0 unspecified atom stereocenters. The zero-order chi connectivity index (χ0) is 30.0. The predicted octanol–water partition coefficient (Wildman–Crippen LogP) is 5.17. The number of hydrogen-bond donors (Lipinski definition) is 2. The Morgan fingerprint density at radius 3 is 2.52 bits per heavy atom. The first-order valence-corrected chi connectivity index (χ1v) is 13.6. The number of hydrogen-bond acceptors (Lipinski definition) is 7. The first kappa shape index (κ1) is 28.7. The minimum absolute atomic E-state index is 0.0440. The molecule has 0 bridgehead atoms. The third-order valence-corrected chi connectivity index (χ3v) is 7.53. The SMILES string of the molecule is COCC(=O)Nc1ccc(N2C(=S)N[C@H](c3ccccn3)[C@H]2c2cc(C)n(-c3ccc(OC)cc3[N+](=O)[O-])c2C)cc1. The number of carbonyl (C=O) groups excluding carboxylic acids is 1. The molecule has 12 heteroatoms. The second-order valence-electron chi connectivity index (χ2n) is 9.80. The van der Waals surface area contributed by atoms with E-state index in [0.29, 0.717) is 22.2 Å². The molecule has 1 aliphatic heterocycles. The normalized spacial score (nSPS) is 16.3. The van der Waals surface area contributed by atoms with Crippen molar-refractivity contribution in [1.29, 1.82) is 0 Å². The number of nitrogens with one attached hydrogen (secondary N) is 2. The molecule has 2 N–H and O–H groups in total. The molecule has 5 rings (SSSR count). The fourth-order valence-corrected chi connectivity index (χ4v) is 5.75. The summed E-state index contributed by atoms with van der Waals surface area (Å²) >= 11 is 5.86. The third-order valence-electron chi connectivity index (χ3n) is 7.21. The summed E-state index contributed by atoms with van der Waals surface area (Å²) in [5, 5.41) is 18.8. The molecule has 2 atom stereocenters. The topological polar surface area (TPSA) is 124 Å². The molecule has 1 aliphatic rings. The quantitative estimate of drug-likeness (QED) is 0.155. The number of anilines is 2. The van der Waals surface area contributed by atoms with E-state index in [2.05, 4.69) is 15.6 Å². The van der Waals surface area contributed by atoms with Crippen molar-refractivity contribution in [3.8, 4) is 11.4 Å². The standard InChI is InChI=1S/C30H30N6O5S/c1-18-15-23(19(2)34(18)25-13-12-22(41-4)16-26(25)36(38)39)29-28(24-7-5-6-14-31-24)33-30(42)35(29)21-10-8-20(9-11-21)32-27(37)17-40-3/h5-16,28-29H,17H2,1-4H3,(H,32,37)(H,33,42)/t28-,29-/m1/s1. The van der Waals surface area contributed by atoms with Gasteiger partial charge < -0.3 is 29.6 Å². The van der Waals surface area contributed by atoms with Crippen LogP contribution in [0.15, 0.2) is 72.9 Å². The van der Waals surface area contributed by atoms with Gasteiger partial charge in [-0.1, -0.05) is 6.07 Å². The lowest BCUT2D eigenvalue weighted by molar-refractivity contribution is -0.384. The van der Waals surface area contributed by atoms with Gasteiger partial charge in [0.2, 0.25) is 5.91 Å². The van der Waals surface area contributed by atoms with Gasteiger partial charge in [-0.15, -0.1) is 0 Å². The second kappa shape index (κ2) is 12.0. The van der Waals surface area contributed by atoms with Gasteiger partial charge in [0.15, 0.2) is 5.11 Å².